The molecule has 1 spiro atoms. The van der Waals surface area contributed by atoms with Gasteiger partial charge in [0.2, 0.25) is 0 Å². The van der Waals surface area contributed by atoms with Crippen LogP contribution in [0, 0.1) is 5.41 Å². The summed E-state index contributed by atoms with van der Waals surface area (Å²) in [5.41, 5.74) is 1.03. The highest BCUT2D eigenvalue weighted by Gasteiger charge is 2.49. The lowest BCUT2D eigenvalue weighted by molar-refractivity contribution is 0.0313. The average Bonchev–Trinajstić information content (AvgIpc) is 2.82. The van der Waals surface area contributed by atoms with Crippen molar-refractivity contribution < 1.29 is 4.79 Å². The predicted molar refractivity (Wildman–Crippen MR) is 71.7 cm³/mol. The van der Waals surface area contributed by atoms with Crippen molar-refractivity contribution in [3.63, 3.8) is 0 Å². The van der Waals surface area contributed by atoms with E-state index in [-0.39, 0.29) is 5.91 Å². The van der Waals surface area contributed by atoms with Gasteiger partial charge in [0.15, 0.2) is 0 Å². The minimum absolute atomic E-state index is 0.0973. The van der Waals surface area contributed by atoms with Crippen LogP contribution in [0.5, 0.6) is 0 Å². The van der Waals surface area contributed by atoms with Crippen LogP contribution in [0.2, 0.25) is 0 Å². The van der Waals surface area contributed by atoms with Crippen molar-refractivity contribution in [3.05, 3.63) is 24.0 Å². The Morgan fingerprint density at radius 1 is 1.42 bits per heavy atom. The van der Waals surface area contributed by atoms with E-state index in [0.717, 1.165) is 19.5 Å². The van der Waals surface area contributed by atoms with Gasteiger partial charge in [0.1, 0.15) is 0 Å². The third-order valence-electron chi connectivity index (χ3n) is 4.62. The molecular formula is C14H20N4O. The van der Waals surface area contributed by atoms with Gasteiger partial charge in [-0.1, -0.05) is 0 Å². The fourth-order valence-corrected chi connectivity index (χ4v) is 3.35. The summed E-state index contributed by atoms with van der Waals surface area (Å²) in [5.74, 6) is 0.0973. The van der Waals surface area contributed by atoms with E-state index < -0.39 is 0 Å². The van der Waals surface area contributed by atoms with E-state index in [1.807, 2.05) is 4.90 Å². The van der Waals surface area contributed by atoms with Gasteiger partial charge in [-0.15, -0.1) is 0 Å². The number of carbonyl (C=O) groups is 1. The smallest absolute Gasteiger partial charge is 0.255 e. The minimum Gasteiger partial charge on any atom is -0.338 e. The van der Waals surface area contributed by atoms with E-state index in [0.29, 0.717) is 17.0 Å². The Hall–Kier alpha value is -1.49. The molecule has 3 rings (SSSR count). The SMILES string of the molecule is CN(C)C1CC2(CCN(C(=O)c3ccnnc3)C2)C1. The Morgan fingerprint density at radius 3 is 2.84 bits per heavy atom. The largest absolute Gasteiger partial charge is 0.338 e. The van der Waals surface area contributed by atoms with E-state index in [2.05, 4.69) is 29.2 Å². The summed E-state index contributed by atoms with van der Waals surface area (Å²) in [6, 6.07) is 2.43. The average molecular weight is 260 g/mol. The maximum Gasteiger partial charge on any atom is 0.255 e. The van der Waals surface area contributed by atoms with E-state index in [1.54, 1.807) is 18.5 Å². The summed E-state index contributed by atoms with van der Waals surface area (Å²) in [5, 5.41) is 7.49. The third-order valence-corrected chi connectivity index (χ3v) is 4.62. The molecule has 0 radical (unpaired) electrons. The van der Waals surface area contributed by atoms with Crippen molar-refractivity contribution in [1.82, 2.24) is 20.0 Å². The molecule has 0 bridgehead atoms. The fourth-order valence-electron chi connectivity index (χ4n) is 3.35. The number of hydrogen-bond acceptors (Lipinski definition) is 4. The lowest BCUT2D eigenvalue weighted by atomic mass is 9.64. The first-order valence-electron chi connectivity index (χ1n) is 6.82. The van der Waals surface area contributed by atoms with Crippen molar-refractivity contribution in [2.45, 2.75) is 25.3 Å². The molecule has 1 aromatic heterocycles. The maximum absolute atomic E-state index is 12.3. The molecule has 0 unspecified atom stereocenters. The van der Waals surface area contributed by atoms with Crippen LogP contribution >= 0.6 is 0 Å². The van der Waals surface area contributed by atoms with Gasteiger partial charge in [-0.25, -0.2) is 0 Å². The molecule has 0 N–H and O–H groups in total. The molecule has 102 valence electrons. The standard InChI is InChI=1S/C14H20N4O/c1-17(2)12-7-14(8-12)4-6-18(10-14)13(19)11-3-5-15-16-9-11/h3,5,9,12H,4,6-8,10H2,1-2H3. The molecule has 1 aliphatic carbocycles. The Bertz CT molecular complexity index is 468. The van der Waals surface area contributed by atoms with Crippen molar-refractivity contribution in [2.24, 2.45) is 5.41 Å². The number of rotatable bonds is 2. The molecule has 1 saturated heterocycles. The molecule has 2 fully saturated rings. The molecule has 19 heavy (non-hydrogen) atoms. The second-order valence-corrected chi connectivity index (χ2v) is 6.13. The van der Waals surface area contributed by atoms with Crippen LogP contribution in [0.4, 0.5) is 0 Å². The molecule has 5 nitrogen and oxygen atoms in total. The lowest BCUT2D eigenvalue weighted by Crippen LogP contribution is -2.49. The van der Waals surface area contributed by atoms with E-state index in [9.17, 15) is 4.79 Å². The summed E-state index contributed by atoms with van der Waals surface area (Å²) in [6.45, 7) is 1.78. The van der Waals surface area contributed by atoms with Gasteiger partial charge in [-0.3, -0.25) is 4.79 Å². The summed E-state index contributed by atoms with van der Waals surface area (Å²) in [7, 11) is 4.27. The van der Waals surface area contributed by atoms with Gasteiger partial charge in [0.05, 0.1) is 18.0 Å². The fraction of sp³-hybridized carbons (Fsp3) is 0.643. The molecule has 0 aromatic carbocycles. The van der Waals surface area contributed by atoms with Crippen LogP contribution in [0.15, 0.2) is 18.5 Å². The highest BCUT2D eigenvalue weighted by molar-refractivity contribution is 5.94. The van der Waals surface area contributed by atoms with Crippen molar-refractivity contribution in [3.8, 4) is 0 Å². The highest BCUT2D eigenvalue weighted by Crippen LogP contribution is 2.49. The molecule has 1 aliphatic heterocycles. The second kappa shape index (κ2) is 4.56. The van der Waals surface area contributed by atoms with E-state index >= 15 is 0 Å². The number of aromatic nitrogens is 2. The van der Waals surface area contributed by atoms with Gasteiger partial charge in [-0.05, 0) is 44.8 Å². The first-order chi connectivity index (χ1) is 9.10. The minimum atomic E-state index is 0.0973. The molecule has 0 atom stereocenters. The number of nitrogens with zero attached hydrogens (tertiary/aromatic N) is 4. The number of likely N-dealkylation sites (tertiary alicyclic amines) is 1. The Labute approximate surface area is 113 Å². The molecule has 2 aliphatic rings. The first-order valence-corrected chi connectivity index (χ1v) is 6.82. The predicted octanol–water partition coefficient (Wildman–Crippen LogP) is 1.03. The van der Waals surface area contributed by atoms with Crippen LogP contribution in [0.25, 0.3) is 0 Å². The normalized spacial score (nSPS) is 29.8. The van der Waals surface area contributed by atoms with E-state index in [4.69, 9.17) is 0 Å². The van der Waals surface area contributed by atoms with Crippen molar-refractivity contribution in [1.29, 1.82) is 0 Å². The van der Waals surface area contributed by atoms with Gasteiger partial charge >= 0.3 is 0 Å². The third kappa shape index (κ3) is 2.23. The quantitative estimate of drug-likeness (QED) is 0.797. The van der Waals surface area contributed by atoms with Crippen LogP contribution < -0.4 is 0 Å². The summed E-state index contributed by atoms with van der Waals surface area (Å²) < 4.78 is 0. The Kier molecular flexibility index (Phi) is 3.01. The van der Waals surface area contributed by atoms with E-state index in [1.165, 1.54) is 12.8 Å². The zero-order chi connectivity index (χ0) is 13.5. The van der Waals surface area contributed by atoms with Gasteiger partial charge < -0.3 is 9.80 Å². The molecule has 1 saturated carbocycles. The van der Waals surface area contributed by atoms with Crippen LogP contribution in [0.3, 0.4) is 0 Å². The Morgan fingerprint density at radius 2 is 2.21 bits per heavy atom. The lowest BCUT2D eigenvalue weighted by Gasteiger charge is -2.48. The van der Waals surface area contributed by atoms with Gasteiger partial charge in [-0.2, -0.15) is 10.2 Å². The van der Waals surface area contributed by atoms with Crippen molar-refractivity contribution in [2.75, 3.05) is 27.2 Å². The first kappa shape index (κ1) is 12.5. The summed E-state index contributed by atoms with van der Waals surface area (Å²) in [6.07, 6.45) is 6.71. The number of amides is 1. The molecule has 5 heteroatoms. The highest BCUT2D eigenvalue weighted by atomic mass is 16.2. The summed E-state index contributed by atoms with van der Waals surface area (Å²) in [4.78, 5) is 16.6. The van der Waals surface area contributed by atoms with Crippen molar-refractivity contribution >= 4 is 5.91 Å². The summed E-state index contributed by atoms with van der Waals surface area (Å²) >= 11 is 0. The topological polar surface area (TPSA) is 49.3 Å². The molecular weight excluding hydrogens is 240 g/mol. The van der Waals surface area contributed by atoms with Gasteiger partial charge in [0, 0.05) is 19.1 Å². The number of hydrogen-bond donors (Lipinski definition) is 0. The second-order valence-electron chi connectivity index (χ2n) is 6.13. The number of carbonyl (C=O) groups excluding carboxylic acids is 1. The zero-order valence-corrected chi connectivity index (χ0v) is 11.5. The molecule has 2 heterocycles. The van der Waals surface area contributed by atoms with Crippen LogP contribution in [-0.4, -0.2) is 59.1 Å². The van der Waals surface area contributed by atoms with Gasteiger partial charge in [0.25, 0.3) is 5.91 Å². The zero-order valence-electron chi connectivity index (χ0n) is 11.5. The maximum atomic E-state index is 12.3. The Balaban J connectivity index is 1.63. The van der Waals surface area contributed by atoms with Crippen LogP contribution in [0.1, 0.15) is 29.6 Å². The van der Waals surface area contributed by atoms with Crippen LogP contribution in [-0.2, 0) is 0 Å². The molecule has 1 aromatic rings. The monoisotopic (exact) mass is 260 g/mol. The molecule has 1 amide bonds.